The molecule has 0 N–H and O–H groups in total. The first-order valence-electron chi connectivity index (χ1n) is 12.4. The van der Waals surface area contributed by atoms with E-state index in [1.54, 1.807) is 61.4 Å². The minimum atomic E-state index is -3.85. The normalized spacial score (nSPS) is 13.2. The minimum absolute atomic E-state index is 0.186. The summed E-state index contributed by atoms with van der Waals surface area (Å²) in [7, 11) is -0.789. The molecular weight excluding hydrogens is 520 g/mol. The molecule has 0 aliphatic heterocycles. The van der Waals surface area contributed by atoms with Gasteiger partial charge in [0.15, 0.2) is 21.5 Å². The first kappa shape index (κ1) is 28.1. The summed E-state index contributed by atoms with van der Waals surface area (Å²) in [5.74, 6) is 1.09. The number of aromatic nitrogens is 6. The number of hydrogen-bond donors (Lipinski definition) is 0. The number of methoxy groups -OCH3 is 2. The number of pyridine rings is 1. The van der Waals surface area contributed by atoms with E-state index >= 15 is 0 Å². The van der Waals surface area contributed by atoms with Crippen LogP contribution < -0.4 is 9.47 Å². The van der Waals surface area contributed by atoms with Crippen LogP contribution in [0.3, 0.4) is 0 Å². The Morgan fingerprint density at radius 2 is 1.69 bits per heavy atom. The average Bonchev–Trinajstić information content (AvgIpc) is 3.33. The zero-order chi connectivity index (χ0) is 28.2. The lowest BCUT2D eigenvalue weighted by Gasteiger charge is -2.23. The van der Waals surface area contributed by atoms with E-state index in [4.69, 9.17) is 14.2 Å². The highest BCUT2D eigenvalue weighted by molar-refractivity contribution is 7.91. The molecule has 12 heteroatoms. The molecule has 0 aliphatic carbocycles. The number of sulfone groups is 1. The monoisotopic (exact) mass is 552 g/mol. The van der Waals surface area contributed by atoms with Crippen molar-refractivity contribution in [2.45, 2.75) is 44.8 Å². The van der Waals surface area contributed by atoms with E-state index in [1.807, 2.05) is 19.9 Å². The molecule has 0 spiro atoms. The van der Waals surface area contributed by atoms with Crippen LogP contribution in [0.15, 0.2) is 49.1 Å². The van der Waals surface area contributed by atoms with Gasteiger partial charge < -0.3 is 14.2 Å². The molecular formula is C27H32N6O5S. The van der Waals surface area contributed by atoms with E-state index in [0.29, 0.717) is 40.9 Å². The summed E-state index contributed by atoms with van der Waals surface area (Å²) < 4.78 is 46.5. The Labute approximate surface area is 228 Å². The van der Waals surface area contributed by atoms with E-state index in [0.717, 1.165) is 11.3 Å². The SMILES string of the molecule is CCO[C@H](c1cnc(C)cn1)[C@@H](C)S(=O)(=O)Cc1nnc(-c2cncc(C)c2)n1-c1c(OC)cccc1OC. The Morgan fingerprint density at radius 1 is 0.974 bits per heavy atom. The average molecular weight is 553 g/mol. The van der Waals surface area contributed by atoms with E-state index in [-0.39, 0.29) is 5.82 Å². The van der Waals surface area contributed by atoms with Crippen LogP contribution in [-0.2, 0) is 20.3 Å². The van der Waals surface area contributed by atoms with Crippen LogP contribution in [-0.4, -0.2) is 64.2 Å². The molecule has 1 aromatic carbocycles. The van der Waals surface area contributed by atoms with Gasteiger partial charge in [0, 0.05) is 30.8 Å². The summed E-state index contributed by atoms with van der Waals surface area (Å²) in [4.78, 5) is 12.9. The zero-order valence-corrected chi connectivity index (χ0v) is 23.6. The van der Waals surface area contributed by atoms with Crippen molar-refractivity contribution in [3.63, 3.8) is 0 Å². The fourth-order valence-corrected chi connectivity index (χ4v) is 5.66. The molecule has 0 aliphatic rings. The standard InChI is InChI=1S/C27H32N6O5S/c1-7-38-26(21-15-29-18(3)13-30-21)19(4)39(34,35)16-24-31-32-27(20-11-17(2)12-28-14-20)33(24)25-22(36-5)9-8-10-23(25)37-6/h8-15,19,26H,7,16H2,1-6H3/t19-,26+/m1/s1. The molecule has 11 nitrogen and oxygen atoms in total. The fourth-order valence-electron chi connectivity index (χ4n) is 4.25. The molecule has 0 saturated carbocycles. The lowest BCUT2D eigenvalue weighted by Crippen LogP contribution is -2.30. The Kier molecular flexibility index (Phi) is 8.56. The van der Waals surface area contributed by atoms with Crippen LogP contribution in [0.1, 0.15) is 42.7 Å². The lowest BCUT2D eigenvalue weighted by atomic mass is 10.2. The maximum absolute atomic E-state index is 13.9. The topological polar surface area (TPSA) is 131 Å². The van der Waals surface area contributed by atoms with Crippen molar-refractivity contribution in [2.24, 2.45) is 0 Å². The third-order valence-corrected chi connectivity index (χ3v) is 8.29. The van der Waals surface area contributed by atoms with Crippen LogP contribution in [0.5, 0.6) is 11.5 Å². The van der Waals surface area contributed by atoms with Gasteiger partial charge in [-0.15, -0.1) is 10.2 Å². The quantitative estimate of drug-likeness (QED) is 0.270. The van der Waals surface area contributed by atoms with Gasteiger partial charge in [0.1, 0.15) is 29.0 Å². The van der Waals surface area contributed by atoms with Crippen molar-refractivity contribution >= 4 is 9.84 Å². The molecule has 39 heavy (non-hydrogen) atoms. The van der Waals surface area contributed by atoms with Crippen LogP contribution in [0.25, 0.3) is 17.1 Å². The fraction of sp³-hybridized carbons (Fsp3) is 0.370. The predicted octanol–water partition coefficient (Wildman–Crippen LogP) is 3.83. The molecule has 3 aromatic heterocycles. The van der Waals surface area contributed by atoms with Crippen LogP contribution in [0.4, 0.5) is 0 Å². The smallest absolute Gasteiger partial charge is 0.170 e. The van der Waals surface area contributed by atoms with Gasteiger partial charge in [0.25, 0.3) is 0 Å². The van der Waals surface area contributed by atoms with Crippen molar-refractivity contribution in [3.8, 4) is 28.6 Å². The number of rotatable bonds is 11. The highest BCUT2D eigenvalue weighted by atomic mass is 32.2. The molecule has 4 rings (SSSR count). The third-order valence-electron chi connectivity index (χ3n) is 6.25. The molecule has 0 saturated heterocycles. The number of ether oxygens (including phenoxy) is 3. The first-order valence-corrected chi connectivity index (χ1v) is 14.1. The number of aryl methyl sites for hydroxylation is 2. The number of para-hydroxylation sites is 1. The zero-order valence-electron chi connectivity index (χ0n) is 22.8. The summed E-state index contributed by atoms with van der Waals surface area (Å²) in [5.41, 5.74) is 3.22. The van der Waals surface area contributed by atoms with Gasteiger partial charge in [-0.3, -0.25) is 19.5 Å². The van der Waals surface area contributed by atoms with Gasteiger partial charge in [-0.05, 0) is 51.5 Å². The summed E-state index contributed by atoms with van der Waals surface area (Å²) in [6.07, 6.45) is 5.70. The molecule has 4 aromatic rings. The maximum Gasteiger partial charge on any atom is 0.170 e. The molecule has 0 fully saturated rings. The van der Waals surface area contributed by atoms with Gasteiger partial charge >= 0.3 is 0 Å². The van der Waals surface area contributed by atoms with Crippen molar-refractivity contribution in [3.05, 3.63) is 71.8 Å². The number of nitrogens with zero attached hydrogens (tertiary/aromatic N) is 6. The Bertz CT molecular complexity index is 1520. The van der Waals surface area contributed by atoms with Gasteiger partial charge in [0.05, 0.1) is 37.1 Å². The van der Waals surface area contributed by atoms with E-state index in [9.17, 15) is 8.42 Å². The van der Waals surface area contributed by atoms with Crippen molar-refractivity contribution < 1.29 is 22.6 Å². The predicted molar refractivity (Wildman–Crippen MR) is 146 cm³/mol. The third kappa shape index (κ3) is 5.91. The highest BCUT2D eigenvalue weighted by Gasteiger charge is 2.35. The first-order chi connectivity index (χ1) is 18.7. The maximum atomic E-state index is 13.9. The summed E-state index contributed by atoms with van der Waals surface area (Å²) in [5, 5.41) is 7.77. The van der Waals surface area contributed by atoms with E-state index in [1.165, 1.54) is 14.2 Å². The Balaban J connectivity index is 1.84. The second-order valence-corrected chi connectivity index (χ2v) is 11.4. The summed E-state index contributed by atoms with van der Waals surface area (Å²) >= 11 is 0. The largest absolute Gasteiger partial charge is 0.494 e. The summed E-state index contributed by atoms with van der Waals surface area (Å²) in [6, 6.07) is 7.21. The number of benzene rings is 1. The second kappa shape index (κ2) is 11.9. The Morgan fingerprint density at radius 3 is 2.28 bits per heavy atom. The molecule has 3 heterocycles. The summed E-state index contributed by atoms with van der Waals surface area (Å²) in [6.45, 7) is 7.44. The molecule has 0 bridgehead atoms. The van der Waals surface area contributed by atoms with Gasteiger partial charge in [-0.1, -0.05) is 6.07 Å². The van der Waals surface area contributed by atoms with Crippen molar-refractivity contribution in [1.29, 1.82) is 0 Å². The molecule has 0 amide bonds. The molecule has 206 valence electrons. The Hall–Kier alpha value is -3.90. The van der Waals surface area contributed by atoms with Gasteiger partial charge in [-0.2, -0.15) is 0 Å². The minimum Gasteiger partial charge on any atom is -0.494 e. The highest BCUT2D eigenvalue weighted by Crippen LogP contribution is 2.37. The molecule has 0 unspecified atom stereocenters. The van der Waals surface area contributed by atoms with E-state index < -0.39 is 26.9 Å². The van der Waals surface area contributed by atoms with Gasteiger partial charge in [0.2, 0.25) is 0 Å². The van der Waals surface area contributed by atoms with Crippen LogP contribution in [0.2, 0.25) is 0 Å². The second-order valence-electron chi connectivity index (χ2n) is 9.01. The lowest BCUT2D eigenvalue weighted by molar-refractivity contribution is 0.0586. The molecule has 2 atom stereocenters. The van der Waals surface area contributed by atoms with Crippen LogP contribution in [0, 0.1) is 13.8 Å². The number of hydrogen-bond acceptors (Lipinski definition) is 10. The van der Waals surface area contributed by atoms with Crippen LogP contribution >= 0.6 is 0 Å². The van der Waals surface area contributed by atoms with Gasteiger partial charge in [-0.25, -0.2) is 8.42 Å². The van der Waals surface area contributed by atoms with Crippen molar-refractivity contribution in [1.82, 2.24) is 29.7 Å². The van der Waals surface area contributed by atoms with Crippen molar-refractivity contribution in [2.75, 3.05) is 20.8 Å². The van der Waals surface area contributed by atoms with E-state index in [2.05, 4.69) is 25.1 Å². The molecule has 0 radical (unpaired) electrons.